The van der Waals surface area contributed by atoms with Gasteiger partial charge in [-0.05, 0) is 37.0 Å². The van der Waals surface area contributed by atoms with Gasteiger partial charge < -0.3 is 10.0 Å². The maximum Gasteiger partial charge on any atom is 0.253 e. The van der Waals surface area contributed by atoms with Gasteiger partial charge in [0.1, 0.15) is 0 Å². The third kappa shape index (κ3) is 2.99. The molecule has 1 aliphatic heterocycles. The molecule has 0 spiro atoms. The number of likely N-dealkylation sites (tertiary alicyclic amines) is 1. The molecule has 1 heterocycles. The molecule has 1 aromatic carbocycles. The van der Waals surface area contributed by atoms with E-state index in [1.54, 1.807) is 29.2 Å². The molecule has 0 aliphatic carbocycles. The predicted octanol–water partition coefficient (Wildman–Crippen LogP) is 2.18. The molecule has 0 aromatic heterocycles. The topological polar surface area (TPSA) is 40.5 Å². The van der Waals surface area contributed by atoms with E-state index in [1.165, 1.54) is 0 Å². The first-order valence-corrected chi connectivity index (χ1v) is 6.24. The molecule has 3 nitrogen and oxygen atoms in total. The Labute approximate surface area is 106 Å². The summed E-state index contributed by atoms with van der Waals surface area (Å²) in [7, 11) is 0. The first-order valence-electron chi connectivity index (χ1n) is 5.86. The van der Waals surface area contributed by atoms with Gasteiger partial charge in [-0.15, -0.1) is 0 Å². The summed E-state index contributed by atoms with van der Waals surface area (Å²) in [6.07, 6.45) is 1.95. The zero-order chi connectivity index (χ0) is 12.3. The van der Waals surface area contributed by atoms with Gasteiger partial charge in [0.25, 0.3) is 5.91 Å². The van der Waals surface area contributed by atoms with E-state index < -0.39 is 0 Å². The smallest absolute Gasteiger partial charge is 0.253 e. The number of carbonyl (C=O) groups excluding carboxylic acids is 1. The molecule has 1 fully saturated rings. The van der Waals surface area contributed by atoms with Gasteiger partial charge in [0.05, 0.1) is 0 Å². The van der Waals surface area contributed by atoms with Crippen LogP contribution in [0.2, 0.25) is 5.02 Å². The number of halogens is 1. The van der Waals surface area contributed by atoms with Crippen LogP contribution in [0.1, 0.15) is 23.2 Å². The van der Waals surface area contributed by atoms with Crippen molar-refractivity contribution < 1.29 is 9.90 Å². The number of carbonyl (C=O) groups is 1. The zero-order valence-corrected chi connectivity index (χ0v) is 10.4. The summed E-state index contributed by atoms with van der Waals surface area (Å²) >= 11 is 5.87. The number of piperidine rings is 1. The van der Waals surface area contributed by atoms with E-state index in [2.05, 4.69) is 0 Å². The molecule has 0 radical (unpaired) electrons. The minimum absolute atomic E-state index is 0.00523. The van der Waals surface area contributed by atoms with Gasteiger partial charge in [0.15, 0.2) is 0 Å². The standard InChI is InChI=1S/C13H16ClNO2/c14-12-5-1-4-11(7-12)13(17)15-6-2-3-10(8-15)9-16/h1,4-5,7,10,16H,2-3,6,8-9H2/t10-/m0/s1. The van der Waals surface area contributed by atoms with E-state index in [0.29, 0.717) is 17.1 Å². The summed E-state index contributed by atoms with van der Waals surface area (Å²) in [5, 5.41) is 9.72. The molecular weight excluding hydrogens is 238 g/mol. The number of aliphatic hydroxyl groups is 1. The van der Waals surface area contributed by atoms with Crippen molar-refractivity contribution >= 4 is 17.5 Å². The highest BCUT2D eigenvalue weighted by atomic mass is 35.5. The number of amides is 1. The predicted molar refractivity (Wildman–Crippen MR) is 67.2 cm³/mol. The van der Waals surface area contributed by atoms with Crippen molar-refractivity contribution in [2.24, 2.45) is 5.92 Å². The second-order valence-electron chi connectivity index (χ2n) is 4.45. The maximum atomic E-state index is 12.2. The second-order valence-corrected chi connectivity index (χ2v) is 4.89. The van der Waals surface area contributed by atoms with Gasteiger partial charge in [-0.2, -0.15) is 0 Å². The zero-order valence-electron chi connectivity index (χ0n) is 9.60. The highest BCUT2D eigenvalue weighted by molar-refractivity contribution is 6.30. The highest BCUT2D eigenvalue weighted by Gasteiger charge is 2.23. The van der Waals surface area contributed by atoms with Crippen molar-refractivity contribution in [2.75, 3.05) is 19.7 Å². The van der Waals surface area contributed by atoms with Crippen LogP contribution in [-0.4, -0.2) is 35.6 Å². The fourth-order valence-electron chi connectivity index (χ4n) is 2.20. The monoisotopic (exact) mass is 253 g/mol. The van der Waals surface area contributed by atoms with E-state index in [9.17, 15) is 4.79 Å². The minimum atomic E-state index is 0.00523. The average Bonchev–Trinajstić information content (AvgIpc) is 2.38. The van der Waals surface area contributed by atoms with Gasteiger partial charge >= 0.3 is 0 Å². The lowest BCUT2D eigenvalue weighted by molar-refractivity contribution is 0.0620. The van der Waals surface area contributed by atoms with E-state index in [-0.39, 0.29) is 18.4 Å². The van der Waals surface area contributed by atoms with Crippen molar-refractivity contribution in [2.45, 2.75) is 12.8 Å². The van der Waals surface area contributed by atoms with Crippen LogP contribution >= 0.6 is 11.6 Å². The maximum absolute atomic E-state index is 12.2. The molecule has 1 aromatic rings. The lowest BCUT2D eigenvalue weighted by Crippen LogP contribution is -2.40. The fraction of sp³-hybridized carbons (Fsp3) is 0.462. The Morgan fingerprint density at radius 3 is 3.06 bits per heavy atom. The summed E-state index contributed by atoms with van der Waals surface area (Å²) in [5.74, 6) is 0.220. The first kappa shape index (κ1) is 12.4. The number of benzene rings is 1. The number of aliphatic hydroxyl groups excluding tert-OH is 1. The second kappa shape index (κ2) is 5.52. The van der Waals surface area contributed by atoms with Crippen molar-refractivity contribution in [1.29, 1.82) is 0 Å². The summed E-state index contributed by atoms with van der Waals surface area (Å²) < 4.78 is 0. The summed E-state index contributed by atoms with van der Waals surface area (Å²) in [5.41, 5.74) is 0.621. The van der Waals surface area contributed by atoms with E-state index >= 15 is 0 Å². The van der Waals surface area contributed by atoms with Crippen LogP contribution in [0.4, 0.5) is 0 Å². The summed E-state index contributed by atoms with van der Waals surface area (Å²) in [6, 6.07) is 7.00. The van der Waals surface area contributed by atoms with Crippen LogP contribution in [0.25, 0.3) is 0 Å². The lowest BCUT2D eigenvalue weighted by Gasteiger charge is -2.31. The van der Waals surface area contributed by atoms with E-state index in [1.807, 2.05) is 0 Å². The molecule has 2 rings (SSSR count). The third-order valence-corrected chi connectivity index (χ3v) is 3.37. The van der Waals surface area contributed by atoms with Crippen LogP contribution in [0.3, 0.4) is 0 Å². The van der Waals surface area contributed by atoms with Crippen LogP contribution in [0.5, 0.6) is 0 Å². The molecule has 1 saturated heterocycles. The summed E-state index contributed by atoms with van der Waals surface area (Å²) in [6.45, 7) is 1.56. The Morgan fingerprint density at radius 2 is 2.35 bits per heavy atom. The van der Waals surface area contributed by atoms with Crippen LogP contribution in [0, 0.1) is 5.92 Å². The summed E-state index contributed by atoms with van der Waals surface area (Å²) in [4.78, 5) is 14.0. The van der Waals surface area contributed by atoms with Crippen LogP contribution in [-0.2, 0) is 0 Å². The van der Waals surface area contributed by atoms with Crippen molar-refractivity contribution in [3.63, 3.8) is 0 Å². The molecule has 0 bridgehead atoms. The normalized spacial score (nSPS) is 20.4. The van der Waals surface area contributed by atoms with Gasteiger partial charge in [0, 0.05) is 30.3 Å². The third-order valence-electron chi connectivity index (χ3n) is 3.14. The molecular formula is C13H16ClNO2. The Bertz CT molecular complexity index is 408. The van der Waals surface area contributed by atoms with Crippen molar-refractivity contribution in [3.05, 3.63) is 34.9 Å². The number of nitrogens with zero attached hydrogens (tertiary/aromatic N) is 1. The average molecular weight is 254 g/mol. The molecule has 0 unspecified atom stereocenters. The molecule has 92 valence electrons. The fourth-order valence-corrected chi connectivity index (χ4v) is 2.39. The number of hydrogen-bond acceptors (Lipinski definition) is 2. The van der Waals surface area contributed by atoms with Gasteiger partial charge in [-0.1, -0.05) is 17.7 Å². The van der Waals surface area contributed by atoms with Crippen LogP contribution in [0.15, 0.2) is 24.3 Å². The van der Waals surface area contributed by atoms with E-state index in [4.69, 9.17) is 16.7 Å². The Hall–Kier alpha value is -1.06. The molecule has 1 amide bonds. The van der Waals surface area contributed by atoms with Crippen molar-refractivity contribution in [1.82, 2.24) is 4.90 Å². The Balaban J connectivity index is 2.09. The minimum Gasteiger partial charge on any atom is -0.396 e. The van der Waals surface area contributed by atoms with Crippen molar-refractivity contribution in [3.8, 4) is 0 Å². The molecule has 17 heavy (non-hydrogen) atoms. The Morgan fingerprint density at radius 1 is 1.53 bits per heavy atom. The van der Waals surface area contributed by atoms with E-state index in [0.717, 1.165) is 19.4 Å². The SMILES string of the molecule is O=C(c1cccc(Cl)c1)N1CCC[C@H](CO)C1. The van der Waals surface area contributed by atoms with Gasteiger partial charge in [0.2, 0.25) is 0 Å². The quantitative estimate of drug-likeness (QED) is 0.878. The first-order chi connectivity index (χ1) is 8.20. The molecule has 1 aliphatic rings. The largest absolute Gasteiger partial charge is 0.396 e. The molecule has 1 atom stereocenters. The highest BCUT2D eigenvalue weighted by Crippen LogP contribution is 2.19. The van der Waals surface area contributed by atoms with Gasteiger partial charge in [-0.3, -0.25) is 4.79 Å². The molecule has 0 saturated carbocycles. The lowest BCUT2D eigenvalue weighted by atomic mass is 9.98. The number of hydrogen-bond donors (Lipinski definition) is 1. The van der Waals surface area contributed by atoms with Gasteiger partial charge in [-0.25, -0.2) is 0 Å². The molecule has 4 heteroatoms. The number of rotatable bonds is 2. The Kier molecular flexibility index (Phi) is 4.02. The molecule has 1 N–H and O–H groups in total. The van der Waals surface area contributed by atoms with Crippen LogP contribution < -0.4 is 0 Å².